The zero-order valence-corrected chi connectivity index (χ0v) is 25.9. The van der Waals surface area contributed by atoms with E-state index in [0.717, 1.165) is 25.5 Å². The van der Waals surface area contributed by atoms with Crippen LogP contribution >= 0.6 is 0 Å². The van der Waals surface area contributed by atoms with Crippen molar-refractivity contribution in [3.05, 3.63) is 54.1 Å². The van der Waals surface area contributed by atoms with Crippen molar-refractivity contribution in [1.29, 1.82) is 0 Å². The SMILES string of the molecule is C[C@H]1CCCCO[C@H](CN(C)C(=O)Nc2ccccc2)[C@@H](C)CN([C@@H](C)CO)C(=O)c2cc(NS(C)(=O)=O)ccc2O1. The Bertz CT molecular complexity index is 1290. The summed E-state index contributed by atoms with van der Waals surface area (Å²) < 4.78 is 38.7. The van der Waals surface area contributed by atoms with Crippen molar-refractivity contribution >= 4 is 33.3 Å². The number of aliphatic hydroxyl groups excluding tert-OH is 1. The summed E-state index contributed by atoms with van der Waals surface area (Å²) in [6.45, 7) is 6.32. The number of amides is 3. The third-order valence-electron chi connectivity index (χ3n) is 7.18. The maximum atomic E-state index is 14.1. The van der Waals surface area contributed by atoms with Gasteiger partial charge >= 0.3 is 6.03 Å². The van der Waals surface area contributed by atoms with Crippen LogP contribution in [0.25, 0.3) is 0 Å². The highest BCUT2D eigenvalue weighted by atomic mass is 32.2. The molecule has 11 nitrogen and oxygen atoms in total. The Morgan fingerprint density at radius 3 is 2.52 bits per heavy atom. The first-order chi connectivity index (χ1) is 19.9. The van der Waals surface area contributed by atoms with Crippen LogP contribution in [-0.4, -0.2) is 93.1 Å². The molecular formula is C30H44N4O7S. The van der Waals surface area contributed by atoms with Gasteiger partial charge in [0.1, 0.15) is 5.75 Å². The number of benzene rings is 2. The van der Waals surface area contributed by atoms with Gasteiger partial charge in [0.2, 0.25) is 10.0 Å². The number of rotatable bonds is 7. The van der Waals surface area contributed by atoms with E-state index in [4.69, 9.17) is 9.47 Å². The number of anilines is 2. The van der Waals surface area contributed by atoms with Crippen LogP contribution in [0, 0.1) is 5.92 Å². The minimum Gasteiger partial charge on any atom is -0.490 e. The van der Waals surface area contributed by atoms with Crippen LogP contribution in [0.3, 0.4) is 0 Å². The van der Waals surface area contributed by atoms with Crippen LogP contribution in [0.1, 0.15) is 50.4 Å². The minimum atomic E-state index is -3.58. The molecule has 0 aromatic heterocycles. The molecule has 1 aliphatic rings. The second-order valence-corrected chi connectivity index (χ2v) is 12.8. The number of nitrogens with one attached hydrogen (secondary N) is 2. The van der Waals surface area contributed by atoms with Gasteiger partial charge in [-0.25, -0.2) is 13.2 Å². The van der Waals surface area contributed by atoms with Gasteiger partial charge in [0.15, 0.2) is 0 Å². The van der Waals surface area contributed by atoms with Crippen molar-refractivity contribution in [2.45, 2.75) is 58.3 Å². The molecule has 0 spiro atoms. The van der Waals surface area contributed by atoms with E-state index < -0.39 is 28.1 Å². The first kappa shape index (κ1) is 33.2. The Hall–Kier alpha value is -3.35. The number of likely N-dealkylation sites (N-methyl/N-ethyl adjacent to an activating group) is 1. The summed E-state index contributed by atoms with van der Waals surface area (Å²) in [5.41, 5.74) is 1.11. The van der Waals surface area contributed by atoms with Crippen LogP contribution in [0.2, 0.25) is 0 Å². The maximum absolute atomic E-state index is 14.1. The summed E-state index contributed by atoms with van der Waals surface area (Å²) in [6, 6.07) is 13.0. The van der Waals surface area contributed by atoms with Crippen molar-refractivity contribution in [2.24, 2.45) is 5.92 Å². The van der Waals surface area contributed by atoms with Gasteiger partial charge in [0, 0.05) is 44.0 Å². The van der Waals surface area contributed by atoms with Gasteiger partial charge < -0.3 is 29.7 Å². The Balaban J connectivity index is 1.91. The van der Waals surface area contributed by atoms with Crippen LogP contribution in [0.5, 0.6) is 5.75 Å². The van der Waals surface area contributed by atoms with Crippen molar-refractivity contribution in [3.8, 4) is 5.75 Å². The molecule has 0 bridgehead atoms. The molecule has 1 aliphatic heterocycles. The largest absolute Gasteiger partial charge is 0.490 e. The van der Waals surface area contributed by atoms with Crippen LogP contribution in [-0.2, 0) is 14.8 Å². The summed E-state index contributed by atoms with van der Waals surface area (Å²) in [5, 5.41) is 13.0. The zero-order chi connectivity index (χ0) is 30.9. The van der Waals surface area contributed by atoms with E-state index in [-0.39, 0.29) is 49.0 Å². The molecule has 42 heavy (non-hydrogen) atoms. The minimum absolute atomic E-state index is 0.192. The molecule has 0 fully saturated rings. The predicted octanol–water partition coefficient (Wildman–Crippen LogP) is 4.02. The number of aliphatic hydroxyl groups is 1. The second kappa shape index (κ2) is 15.2. The van der Waals surface area contributed by atoms with Crippen LogP contribution in [0.15, 0.2) is 48.5 Å². The molecule has 0 radical (unpaired) electrons. The number of sulfonamides is 1. The summed E-state index contributed by atoms with van der Waals surface area (Å²) in [4.78, 5) is 30.1. The fourth-order valence-corrected chi connectivity index (χ4v) is 5.31. The lowest BCUT2D eigenvalue weighted by atomic mass is 10.0. The monoisotopic (exact) mass is 604 g/mol. The second-order valence-electron chi connectivity index (χ2n) is 11.1. The van der Waals surface area contributed by atoms with E-state index in [1.807, 2.05) is 44.2 Å². The zero-order valence-electron chi connectivity index (χ0n) is 25.1. The van der Waals surface area contributed by atoms with E-state index in [9.17, 15) is 23.1 Å². The van der Waals surface area contributed by atoms with Crippen molar-refractivity contribution in [2.75, 3.05) is 49.6 Å². The number of fused-ring (bicyclic) bond motifs is 1. The normalized spacial score (nSPS) is 21.3. The Morgan fingerprint density at radius 2 is 1.86 bits per heavy atom. The summed E-state index contributed by atoms with van der Waals surface area (Å²) in [6.07, 6.45) is 2.77. The quantitative estimate of drug-likeness (QED) is 0.434. The third kappa shape index (κ3) is 9.88. The molecule has 2 aromatic carbocycles. The van der Waals surface area contributed by atoms with Crippen molar-refractivity contribution in [3.63, 3.8) is 0 Å². The van der Waals surface area contributed by atoms with Gasteiger partial charge in [-0.15, -0.1) is 0 Å². The van der Waals surface area contributed by atoms with Crippen molar-refractivity contribution in [1.82, 2.24) is 9.80 Å². The third-order valence-corrected chi connectivity index (χ3v) is 7.79. The summed E-state index contributed by atoms with van der Waals surface area (Å²) >= 11 is 0. The highest BCUT2D eigenvalue weighted by Gasteiger charge is 2.31. The lowest BCUT2D eigenvalue weighted by Crippen LogP contribution is -2.48. The van der Waals surface area contributed by atoms with Gasteiger partial charge in [0.05, 0.1) is 36.7 Å². The molecule has 3 amide bonds. The van der Waals surface area contributed by atoms with Crippen LogP contribution in [0.4, 0.5) is 16.2 Å². The first-order valence-electron chi connectivity index (χ1n) is 14.3. The Morgan fingerprint density at radius 1 is 1.14 bits per heavy atom. The number of hydrogen-bond acceptors (Lipinski definition) is 7. The van der Waals surface area contributed by atoms with E-state index in [0.29, 0.717) is 18.0 Å². The number of nitrogens with zero attached hydrogens (tertiary/aromatic N) is 2. The molecule has 0 saturated heterocycles. The smallest absolute Gasteiger partial charge is 0.321 e. The molecule has 4 atom stereocenters. The maximum Gasteiger partial charge on any atom is 0.321 e. The molecule has 3 rings (SSSR count). The average molecular weight is 605 g/mol. The van der Waals surface area contributed by atoms with E-state index >= 15 is 0 Å². The van der Waals surface area contributed by atoms with Gasteiger partial charge in [-0.3, -0.25) is 9.52 Å². The highest BCUT2D eigenvalue weighted by Crippen LogP contribution is 2.29. The van der Waals surface area contributed by atoms with Gasteiger partial charge in [-0.1, -0.05) is 25.1 Å². The molecule has 0 unspecified atom stereocenters. The molecule has 0 saturated carbocycles. The molecule has 232 valence electrons. The van der Waals surface area contributed by atoms with Crippen molar-refractivity contribution < 1.29 is 32.6 Å². The number of carbonyl (C=O) groups excluding carboxylic acids is 2. The van der Waals surface area contributed by atoms with E-state index in [2.05, 4.69) is 10.0 Å². The lowest BCUT2D eigenvalue weighted by molar-refractivity contribution is -0.0115. The fourth-order valence-electron chi connectivity index (χ4n) is 4.76. The number of urea groups is 1. The standard InChI is InChI=1S/C30H44N4O7S/c1-21-18-34(22(2)20-35)29(36)26-17-25(32-42(5,38)39)14-15-27(26)41-23(3)11-9-10-16-40-28(21)19-33(4)30(37)31-24-12-7-6-8-13-24/h6-8,12-15,17,21-23,28,32,35H,9-11,16,18-20H2,1-5H3,(H,31,37)/t21-,22-,23-,28+/m0/s1. The molecule has 2 aromatic rings. The molecule has 1 heterocycles. The fraction of sp³-hybridized carbons (Fsp3) is 0.533. The van der Waals surface area contributed by atoms with Crippen LogP contribution < -0.4 is 14.8 Å². The van der Waals surface area contributed by atoms with Gasteiger partial charge in [0.25, 0.3) is 5.91 Å². The topological polar surface area (TPSA) is 138 Å². The molecular weight excluding hydrogens is 560 g/mol. The number of ether oxygens (including phenoxy) is 2. The Kier molecular flexibility index (Phi) is 12.0. The predicted molar refractivity (Wildman–Crippen MR) is 163 cm³/mol. The van der Waals surface area contributed by atoms with Gasteiger partial charge in [-0.2, -0.15) is 0 Å². The molecule has 0 aliphatic carbocycles. The van der Waals surface area contributed by atoms with E-state index in [1.165, 1.54) is 6.07 Å². The van der Waals surface area contributed by atoms with Gasteiger partial charge in [-0.05, 0) is 63.4 Å². The highest BCUT2D eigenvalue weighted by molar-refractivity contribution is 7.92. The molecule has 3 N–H and O–H groups in total. The number of hydrogen-bond donors (Lipinski definition) is 3. The summed E-state index contributed by atoms with van der Waals surface area (Å²) in [7, 11) is -1.88. The molecule has 12 heteroatoms. The Labute approximate surface area is 249 Å². The first-order valence-corrected chi connectivity index (χ1v) is 16.2. The lowest BCUT2D eigenvalue weighted by Gasteiger charge is -2.35. The average Bonchev–Trinajstić information content (AvgIpc) is 2.94. The van der Waals surface area contributed by atoms with E-state index in [1.54, 1.807) is 35.9 Å². The number of carbonyl (C=O) groups is 2. The summed E-state index contributed by atoms with van der Waals surface area (Å²) in [5.74, 6) is -0.288. The number of para-hydroxylation sites is 1.